The van der Waals surface area contributed by atoms with E-state index in [0.29, 0.717) is 0 Å². The van der Waals surface area contributed by atoms with Crippen molar-refractivity contribution >= 4 is 5.97 Å². The smallest absolute Gasteiger partial charge is 0.333 e. The molecule has 6 nitrogen and oxygen atoms in total. The molecule has 1 saturated carbocycles. The highest BCUT2D eigenvalue weighted by Crippen LogP contribution is 2.26. The van der Waals surface area contributed by atoms with Crippen LogP contribution in [0.1, 0.15) is 51.1 Å². The molecule has 2 rings (SSSR count). The third kappa shape index (κ3) is 6.31. The Bertz CT molecular complexity index is 481. The number of carboxylic acids is 1. The van der Waals surface area contributed by atoms with E-state index in [1.165, 1.54) is 38.5 Å². The number of carboxylic acid groups (broad SMARTS) is 1. The van der Waals surface area contributed by atoms with Crippen molar-refractivity contribution in [2.24, 2.45) is 11.7 Å². The van der Waals surface area contributed by atoms with Gasteiger partial charge in [-0.2, -0.15) is 0 Å². The number of hydrogen-bond acceptors (Lipinski definition) is 4. The van der Waals surface area contributed by atoms with Gasteiger partial charge in [0, 0.05) is 25.2 Å². The molecule has 0 aromatic carbocycles. The van der Waals surface area contributed by atoms with Crippen molar-refractivity contribution in [3.05, 3.63) is 18.2 Å². The number of imidazole rings is 1. The zero-order chi connectivity index (χ0) is 16.7. The first kappa shape index (κ1) is 17.9. The molecule has 3 N–H and O–H groups in total. The molecule has 1 aromatic heterocycles. The van der Waals surface area contributed by atoms with Gasteiger partial charge in [-0.3, -0.25) is 0 Å². The summed E-state index contributed by atoms with van der Waals surface area (Å²) in [5.41, 5.74) is 6.37. The molecule has 1 aliphatic carbocycles. The van der Waals surface area contributed by atoms with Crippen LogP contribution in [0.25, 0.3) is 0 Å². The van der Waals surface area contributed by atoms with Crippen molar-refractivity contribution in [2.75, 3.05) is 6.61 Å². The van der Waals surface area contributed by atoms with Crippen molar-refractivity contribution in [1.29, 1.82) is 0 Å². The SMILES string of the molecule is C[C@@H](N)CO[C@H](Cc1cn(CCC2CCCCC2)cn1)C(=O)O. The summed E-state index contributed by atoms with van der Waals surface area (Å²) in [6.07, 6.45) is 11.1. The average Bonchev–Trinajstić information content (AvgIpc) is 2.97. The maximum atomic E-state index is 11.3. The summed E-state index contributed by atoms with van der Waals surface area (Å²) in [6, 6.07) is -0.176. The summed E-state index contributed by atoms with van der Waals surface area (Å²) in [5.74, 6) is -0.141. The molecular weight excluding hydrogens is 294 g/mol. The van der Waals surface area contributed by atoms with Gasteiger partial charge in [0.15, 0.2) is 6.10 Å². The predicted molar refractivity (Wildman–Crippen MR) is 88.1 cm³/mol. The van der Waals surface area contributed by atoms with Crippen molar-refractivity contribution in [3.63, 3.8) is 0 Å². The molecule has 6 heteroatoms. The average molecular weight is 323 g/mol. The number of aryl methyl sites for hydroxylation is 1. The summed E-state index contributed by atoms with van der Waals surface area (Å²) in [7, 11) is 0. The molecule has 0 amide bonds. The van der Waals surface area contributed by atoms with Gasteiger partial charge in [0.05, 0.1) is 18.6 Å². The lowest BCUT2D eigenvalue weighted by Gasteiger charge is -2.21. The second-order valence-corrected chi connectivity index (χ2v) is 6.74. The molecule has 0 aliphatic heterocycles. The fraction of sp³-hybridized carbons (Fsp3) is 0.765. The van der Waals surface area contributed by atoms with Crippen LogP contribution < -0.4 is 5.73 Å². The lowest BCUT2D eigenvalue weighted by Crippen LogP contribution is -2.32. The Balaban J connectivity index is 1.81. The van der Waals surface area contributed by atoms with E-state index < -0.39 is 12.1 Å². The second-order valence-electron chi connectivity index (χ2n) is 6.74. The van der Waals surface area contributed by atoms with Crippen LogP contribution in [0.3, 0.4) is 0 Å². The van der Waals surface area contributed by atoms with E-state index in [1.54, 1.807) is 13.3 Å². The Morgan fingerprint density at radius 3 is 2.87 bits per heavy atom. The molecule has 1 aromatic rings. The van der Waals surface area contributed by atoms with Gasteiger partial charge < -0.3 is 20.1 Å². The molecule has 2 atom stereocenters. The summed E-state index contributed by atoms with van der Waals surface area (Å²) < 4.78 is 7.42. The van der Waals surface area contributed by atoms with Crippen LogP contribution in [0.2, 0.25) is 0 Å². The lowest BCUT2D eigenvalue weighted by atomic mass is 9.87. The number of aliphatic carboxylic acids is 1. The summed E-state index contributed by atoms with van der Waals surface area (Å²) >= 11 is 0. The minimum atomic E-state index is -0.970. The largest absolute Gasteiger partial charge is 0.479 e. The molecule has 1 aliphatic rings. The number of rotatable bonds is 9. The molecule has 1 fully saturated rings. The van der Waals surface area contributed by atoms with Crippen LogP contribution >= 0.6 is 0 Å². The Hall–Kier alpha value is -1.40. The van der Waals surface area contributed by atoms with Gasteiger partial charge in [0.1, 0.15) is 0 Å². The maximum absolute atomic E-state index is 11.3. The molecule has 23 heavy (non-hydrogen) atoms. The number of aromatic nitrogens is 2. The van der Waals surface area contributed by atoms with Crippen molar-refractivity contribution < 1.29 is 14.6 Å². The molecule has 1 heterocycles. The first-order valence-corrected chi connectivity index (χ1v) is 8.65. The van der Waals surface area contributed by atoms with Crippen LogP contribution in [-0.4, -0.2) is 39.4 Å². The van der Waals surface area contributed by atoms with E-state index in [9.17, 15) is 9.90 Å². The second kappa shape index (κ2) is 9.03. The highest BCUT2D eigenvalue weighted by molar-refractivity contribution is 5.72. The van der Waals surface area contributed by atoms with Gasteiger partial charge in [0.25, 0.3) is 0 Å². The van der Waals surface area contributed by atoms with Crippen LogP contribution in [0, 0.1) is 5.92 Å². The van der Waals surface area contributed by atoms with E-state index in [1.807, 2.05) is 6.20 Å². The minimum Gasteiger partial charge on any atom is -0.479 e. The van der Waals surface area contributed by atoms with Gasteiger partial charge in [-0.25, -0.2) is 9.78 Å². The van der Waals surface area contributed by atoms with E-state index in [0.717, 1.165) is 18.2 Å². The van der Waals surface area contributed by atoms with E-state index in [-0.39, 0.29) is 19.1 Å². The van der Waals surface area contributed by atoms with Gasteiger partial charge in [-0.05, 0) is 19.3 Å². The third-order valence-electron chi connectivity index (χ3n) is 4.44. The highest BCUT2D eigenvalue weighted by Gasteiger charge is 2.20. The predicted octanol–water partition coefficient (Wildman–Crippen LogP) is 2.21. The summed E-state index contributed by atoms with van der Waals surface area (Å²) in [6.45, 7) is 2.98. The zero-order valence-electron chi connectivity index (χ0n) is 14.0. The number of nitrogens with two attached hydrogens (primary N) is 1. The van der Waals surface area contributed by atoms with Crippen LogP contribution in [0.15, 0.2) is 12.5 Å². The van der Waals surface area contributed by atoms with E-state index >= 15 is 0 Å². The van der Waals surface area contributed by atoms with Crippen molar-refractivity contribution in [2.45, 2.75) is 70.6 Å². The van der Waals surface area contributed by atoms with Gasteiger partial charge in [-0.1, -0.05) is 32.1 Å². The van der Waals surface area contributed by atoms with Gasteiger partial charge >= 0.3 is 5.97 Å². The summed E-state index contributed by atoms with van der Waals surface area (Å²) in [4.78, 5) is 15.6. The Morgan fingerprint density at radius 1 is 1.48 bits per heavy atom. The van der Waals surface area contributed by atoms with Crippen molar-refractivity contribution in [3.8, 4) is 0 Å². The minimum absolute atomic E-state index is 0.176. The van der Waals surface area contributed by atoms with Gasteiger partial charge in [-0.15, -0.1) is 0 Å². The monoisotopic (exact) mass is 323 g/mol. The molecule has 0 spiro atoms. The zero-order valence-corrected chi connectivity index (χ0v) is 14.0. The van der Waals surface area contributed by atoms with Gasteiger partial charge in [0.2, 0.25) is 0 Å². The first-order valence-electron chi connectivity index (χ1n) is 8.65. The third-order valence-corrected chi connectivity index (χ3v) is 4.44. The number of hydrogen-bond donors (Lipinski definition) is 2. The quantitative estimate of drug-likeness (QED) is 0.727. The summed E-state index contributed by atoms with van der Waals surface area (Å²) in [5, 5.41) is 9.23. The van der Waals surface area contributed by atoms with Crippen LogP contribution in [0.4, 0.5) is 0 Å². The highest BCUT2D eigenvalue weighted by atomic mass is 16.5. The van der Waals surface area contributed by atoms with E-state index in [2.05, 4.69) is 9.55 Å². The normalized spacial score (nSPS) is 18.7. The number of nitrogens with zero attached hydrogens (tertiary/aromatic N) is 2. The van der Waals surface area contributed by atoms with E-state index in [4.69, 9.17) is 10.5 Å². The molecule has 130 valence electrons. The molecule has 0 bridgehead atoms. The Kier molecular flexibility index (Phi) is 7.05. The first-order chi connectivity index (χ1) is 11.0. The van der Waals surface area contributed by atoms with Crippen LogP contribution in [-0.2, 0) is 22.5 Å². The lowest BCUT2D eigenvalue weighted by molar-refractivity contribution is -0.150. The standard InChI is InChI=1S/C17H29N3O3/c1-13(18)11-23-16(17(21)22)9-15-10-20(12-19-15)8-7-14-5-3-2-4-6-14/h10,12-14,16H,2-9,11,18H2,1H3,(H,21,22)/t13-,16-/m1/s1. The van der Waals surface area contributed by atoms with Crippen LogP contribution in [0.5, 0.6) is 0 Å². The molecule has 0 unspecified atom stereocenters. The molecule has 0 radical (unpaired) electrons. The number of carbonyl (C=O) groups is 1. The van der Waals surface area contributed by atoms with Crippen molar-refractivity contribution in [1.82, 2.24) is 9.55 Å². The molecule has 0 saturated heterocycles. The fourth-order valence-electron chi connectivity index (χ4n) is 3.12. The maximum Gasteiger partial charge on any atom is 0.333 e. The Morgan fingerprint density at radius 2 is 2.22 bits per heavy atom. The fourth-order valence-corrected chi connectivity index (χ4v) is 3.12. The molecular formula is C17H29N3O3. The topological polar surface area (TPSA) is 90.4 Å². The Labute approximate surface area is 138 Å². The number of ether oxygens (including phenoxy) is 1.